The third-order valence-corrected chi connectivity index (χ3v) is 3.54. The Morgan fingerprint density at radius 2 is 2.12 bits per heavy atom. The second kappa shape index (κ2) is 4.83. The average molecular weight is 272 g/mol. The molecule has 0 unspecified atom stereocenters. The van der Waals surface area contributed by atoms with Crippen molar-refractivity contribution in [1.82, 2.24) is 9.55 Å². The lowest BCUT2D eigenvalue weighted by molar-refractivity contribution is 0.575. The number of halogens is 2. The molecular weight excluding hydrogens is 257 g/mol. The Hall–Kier alpha value is -0.800. The third-order valence-electron chi connectivity index (χ3n) is 2.87. The molecule has 17 heavy (non-hydrogen) atoms. The summed E-state index contributed by atoms with van der Waals surface area (Å²) in [6.45, 7) is 6.21. The van der Waals surface area contributed by atoms with Crippen molar-refractivity contribution in [2.24, 2.45) is 4.99 Å². The third kappa shape index (κ3) is 2.26. The molecule has 0 spiro atoms. The number of hydrogen-bond acceptors (Lipinski definition) is 2. The molecule has 5 heteroatoms. The standard InChI is InChI=1S/C12H15Cl2N3/c1-4-8-5-9(13)10-12(16-11(8)14)17(6-15-10)7(2)3/h6-7H,4-5H2,1-3H3. The van der Waals surface area contributed by atoms with Gasteiger partial charge in [0.25, 0.3) is 0 Å². The second-order valence-electron chi connectivity index (χ2n) is 4.36. The van der Waals surface area contributed by atoms with Crippen molar-refractivity contribution in [1.29, 1.82) is 0 Å². The van der Waals surface area contributed by atoms with Crippen LogP contribution in [0, 0.1) is 0 Å². The molecule has 0 N–H and O–H groups in total. The van der Waals surface area contributed by atoms with Gasteiger partial charge in [-0.3, -0.25) is 0 Å². The Kier molecular flexibility index (Phi) is 3.59. The average Bonchev–Trinajstić information content (AvgIpc) is 2.64. The van der Waals surface area contributed by atoms with Gasteiger partial charge in [-0.25, -0.2) is 9.98 Å². The quantitative estimate of drug-likeness (QED) is 0.761. The molecule has 3 nitrogen and oxygen atoms in total. The molecular formula is C12H15Cl2N3. The fourth-order valence-corrected chi connectivity index (χ4v) is 2.40. The Morgan fingerprint density at radius 3 is 2.71 bits per heavy atom. The Balaban J connectivity index is 2.76. The summed E-state index contributed by atoms with van der Waals surface area (Å²) < 4.78 is 1.98. The Bertz CT molecular complexity index is 581. The zero-order valence-corrected chi connectivity index (χ0v) is 11.7. The van der Waals surface area contributed by atoms with Crippen molar-refractivity contribution in [3.8, 4) is 0 Å². The molecule has 2 heterocycles. The highest BCUT2D eigenvalue weighted by Crippen LogP contribution is 2.24. The molecule has 0 fully saturated rings. The summed E-state index contributed by atoms with van der Waals surface area (Å²) in [5.41, 5.74) is 1.82. The SMILES string of the molecule is CCC1=C(Cl)N=c2c(ncn2C(C)C)=C(Cl)C1. The monoisotopic (exact) mass is 271 g/mol. The largest absolute Gasteiger partial charge is 0.313 e. The van der Waals surface area contributed by atoms with E-state index >= 15 is 0 Å². The number of aromatic nitrogens is 2. The zero-order valence-electron chi connectivity index (χ0n) is 10.2. The Morgan fingerprint density at radius 1 is 1.41 bits per heavy atom. The minimum atomic E-state index is 0.284. The maximum Gasteiger partial charge on any atom is 0.162 e. The van der Waals surface area contributed by atoms with E-state index in [2.05, 4.69) is 30.7 Å². The summed E-state index contributed by atoms with van der Waals surface area (Å²) in [6, 6.07) is 0.284. The van der Waals surface area contributed by atoms with Crippen LogP contribution < -0.4 is 10.8 Å². The number of rotatable bonds is 2. The summed E-state index contributed by atoms with van der Waals surface area (Å²) in [5, 5.41) is 2.02. The van der Waals surface area contributed by atoms with E-state index < -0.39 is 0 Å². The minimum Gasteiger partial charge on any atom is -0.313 e. The molecule has 0 saturated heterocycles. The van der Waals surface area contributed by atoms with Gasteiger partial charge in [0.1, 0.15) is 10.5 Å². The van der Waals surface area contributed by atoms with Crippen LogP contribution in [0.1, 0.15) is 39.7 Å². The number of nitrogens with zero attached hydrogens (tertiary/aromatic N) is 3. The first-order valence-electron chi connectivity index (χ1n) is 5.72. The van der Waals surface area contributed by atoms with Gasteiger partial charge in [-0.2, -0.15) is 0 Å². The molecule has 0 aromatic carbocycles. The molecule has 0 aliphatic carbocycles. The van der Waals surface area contributed by atoms with Crippen molar-refractivity contribution in [3.05, 3.63) is 27.9 Å². The summed E-state index contributed by atoms with van der Waals surface area (Å²) in [4.78, 5) is 8.80. The van der Waals surface area contributed by atoms with Gasteiger partial charge in [0.05, 0.1) is 11.4 Å². The molecule has 1 aromatic heterocycles. The fraction of sp³-hybridized carbons (Fsp3) is 0.500. The number of imidazole rings is 1. The van der Waals surface area contributed by atoms with Crippen LogP contribution in [0.5, 0.6) is 0 Å². The molecule has 0 radical (unpaired) electrons. The molecule has 1 aliphatic heterocycles. The highest BCUT2D eigenvalue weighted by Gasteiger charge is 2.14. The van der Waals surface area contributed by atoms with E-state index in [4.69, 9.17) is 23.2 Å². The lowest BCUT2D eigenvalue weighted by atomic mass is 10.1. The fourth-order valence-electron chi connectivity index (χ4n) is 1.82. The van der Waals surface area contributed by atoms with E-state index in [1.807, 2.05) is 4.57 Å². The van der Waals surface area contributed by atoms with Gasteiger partial charge < -0.3 is 4.57 Å². The van der Waals surface area contributed by atoms with Gasteiger partial charge in [-0.15, -0.1) is 0 Å². The summed E-state index contributed by atoms with van der Waals surface area (Å²) >= 11 is 12.5. The molecule has 0 saturated carbocycles. The summed E-state index contributed by atoms with van der Waals surface area (Å²) in [6.07, 6.45) is 3.26. The number of fused-ring (bicyclic) bond motifs is 1. The number of hydrogen-bond donors (Lipinski definition) is 0. The minimum absolute atomic E-state index is 0.284. The van der Waals surface area contributed by atoms with E-state index in [-0.39, 0.29) is 6.04 Å². The topological polar surface area (TPSA) is 30.2 Å². The first-order chi connectivity index (χ1) is 8.04. The van der Waals surface area contributed by atoms with Crippen LogP contribution in [0.2, 0.25) is 0 Å². The normalized spacial score (nSPS) is 16.0. The highest BCUT2D eigenvalue weighted by atomic mass is 35.5. The van der Waals surface area contributed by atoms with Crippen LogP contribution in [0.15, 0.2) is 22.0 Å². The van der Waals surface area contributed by atoms with Gasteiger partial charge in [0.15, 0.2) is 5.49 Å². The van der Waals surface area contributed by atoms with Crippen LogP contribution in [-0.4, -0.2) is 9.55 Å². The van der Waals surface area contributed by atoms with Crippen LogP contribution in [0.25, 0.3) is 5.03 Å². The second-order valence-corrected chi connectivity index (χ2v) is 5.17. The summed E-state index contributed by atoms with van der Waals surface area (Å²) in [7, 11) is 0. The highest BCUT2D eigenvalue weighted by molar-refractivity contribution is 6.45. The zero-order chi connectivity index (χ0) is 12.6. The molecule has 0 amide bonds. The van der Waals surface area contributed by atoms with Crippen LogP contribution >= 0.6 is 23.2 Å². The lowest BCUT2D eigenvalue weighted by Gasteiger charge is -2.05. The first kappa shape index (κ1) is 12.7. The van der Waals surface area contributed by atoms with E-state index in [0.717, 1.165) is 27.9 Å². The lowest BCUT2D eigenvalue weighted by Crippen LogP contribution is -2.32. The van der Waals surface area contributed by atoms with Crippen LogP contribution in [0.3, 0.4) is 0 Å². The molecule has 2 rings (SSSR count). The van der Waals surface area contributed by atoms with Crippen LogP contribution in [-0.2, 0) is 0 Å². The van der Waals surface area contributed by atoms with Crippen molar-refractivity contribution < 1.29 is 0 Å². The van der Waals surface area contributed by atoms with E-state index in [1.165, 1.54) is 0 Å². The van der Waals surface area contributed by atoms with Gasteiger partial charge >= 0.3 is 0 Å². The smallest absolute Gasteiger partial charge is 0.162 e. The maximum absolute atomic E-state index is 6.30. The van der Waals surface area contributed by atoms with E-state index in [9.17, 15) is 0 Å². The molecule has 1 aromatic rings. The molecule has 0 bridgehead atoms. The number of allylic oxidation sites excluding steroid dienone is 1. The van der Waals surface area contributed by atoms with E-state index in [1.54, 1.807) is 6.33 Å². The van der Waals surface area contributed by atoms with Crippen molar-refractivity contribution in [3.63, 3.8) is 0 Å². The van der Waals surface area contributed by atoms with E-state index in [0.29, 0.717) is 11.6 Å². The first-order valence-corrected chi connectivity index (χ1v) is 6.48. The molecule has 1 aliphatic rings. The predicted octanol–water partition coefficient (Wildman–Crippen LogP) is 2.69. The van der Waals surface area contributed by atoms with Gasteiger partial charge in [-0.1, -0.05) is 30.1 Å². The van der Waals surface area contributed by atoms with Crippen molar-refractivity contribution in [2.45, 2.75) is 39.7 Å². The van der Waals surface area contributed by atoms with Crippen molar-refractivity contribution in [2.75, 3.05) is 0 Å². The predicted molar refractivity (Wildman–Crippen MR) is 70.4 cm³/mol. The van der Waals surface area contributed by atoms with Crippen LogP contribution in [0.4, 0.5) is 0 Å². The van der Waals surface area contributed by atoms with Gasteiger partial charge in [0.2, 0.25) is 0 Å². The van der Waals surface area contributed by atoms with Gasteiger partial charge in [-0.05, 0) is 25.8 Å². The van der Waals surface area contributed by atoms with Crippen molar-refractivity contribution >= 4 is 28.2 Å². The molecule has 92 valence electrons. The van der Waals surface area contributed by atoms with Gasteiger partial charge in [0, 0.05) is 12.5 Å². The Labute approximate surface area is 110 Å². The molecule has 0 atom stereocenters. The maximum atomic E-state index is 6.30. The summed E-state index contributed by atoms with van der Waals surface area (Å²) in [5.74, 6) is 0.